The van der Waals surface area contributed by atoms with Crippen LogP contribution in [0.1, 0.15) is 19.3 Å². The van der Waals surface area contributed by atoms with Gasteiger partial charge >= 0.3 is 5.97 Å². The number of hydrogen-bond acceptors (Lipinski definition) is 3. The van der Waals surface area contributed by atoms with Crippen LogP contribution in [0.25, 0.3) is 0 Å². The highest BCUT2D eigenvalue weighted by Crippen LogP contribution is 2.26. The lowest BCUT2D eigenvalue weighted by atomic mass is 10.2. The molecule has 0 aromatic carbocycles. The molecule has 1 aromatic rings. The highest BCUT2D eigenvalue weighted by atomic mass is 79.9. The van der Waals surface area contributed by atoms with E-state index in [0.29, 0.717) is 6.42 Å². The first-order valence-corrected chi connectivity index (χ1v) is 5.96. The number of thiophene rings is 1. The summed E-state index contributed by atoms with van der Waals surface area (Å²) in [6.45, 7) is 0. The van der Waals surface area contributed by atoms with Crippen LogP contribution in [0.2, 0.25) is 0 Å². The Morgan fingerprint density at radius 2 is 2.13 bits per heavy atom. The van der Waals surface area contributed by atoms with E-state index in [2.05, 4.69) is 21.2 Å². The minimum atomic E-state index is -0.873. The maximum atomic E-state index is 11.3. The van der Waals surface area contributed by atoms with Gasteiger partial charge in [0.15, 0.2) is 0 Å². The molecular weight excluding hydrogens is 282 g/mol. The number of hydrogen-bond donors (Lipinski definition) is 2. The quantitative estimate of drug-likeness (QED) is 0.877. The van der Waals surface area contributed by atoms with Crippen LogP contribution in [0.3, 0.4) is 0 Å². The Morgan fingerprint density at radius 1 is 1.40 bits per heavy atom. The van der Waals surface area contributed by atoms with E-state index in [4.69, 9.17) is 5.11 Å². The largest absolute Gasteiger partial charge is 0.481 e. The van der Waals surface area contributed by atoms with Crippen molar-refractivity contribution in [2.75, 3.05) is 5.32 Å². The van der Waals surface area contributed by atoms with Crippen LogP contribution < -0.4 is 5.32 Å². The number of nitrogens with one attached hydrogen (secondary N) is 1. The summed E-state index contributed by atoms with van der Waals surface area (Å²) in [6.07, 6.45) is 0.636. The second-order valence-electron chi connectivity index (χ2n) is 2.90. The molecule has 0 unspecified atom stereocenters. The Hall–Kier alpha value is -0.880. The molecule has 0 bridgehead atoms. The van der Waals surface area contributed by atoms with Crippen LogP contribution in [0, 0.1) is 0 Å². The SMILES string of the molecule is O=C(O)CCCC(=O)Nc1ccc(Br)s1. The van der Waals surface area contributed by atoms with Crippen molar-refractivity contribution >= 4 is 44.1 Å². The van der Waals surface area contributed by atoms with E-state index < -0.39 is 5.97 Å². The van der Waals surface area contributed by atoms with E-state index in [9.17, 15) is 9.59 Å². The van der Waals surface area contributed by atoms with Gasteiger partial charge in [-0.05, 0) is 34.5 Å². The Morgan fingerprint density at radius 3 is 2.67 bits per heavy atom. The standard InChI is InChI=1S/C9H10BrNO3S/c10-6-4-5-8(15-6)11-7(12)2-1-3-9(13)14/h4-5H,1-3H2,(H,11,12)(H,13,14). The van der Waals surface area contributed by atoms with Gasteiger partial charge in [0.25, 0.3) is 0 Å². The highest BCUT2D eigenvalue weighted by molar-refractivity contribution is 9.11. The number of halogens is 1. The first-order chi connectivity index (χ1) is 7.08. The normalized spacial score (nSPS) is 9.93. The molecule has 0 aliphatic heterocycles. The Labute approximate surface area is 99.4 Å². The zero-order valence-corrected chi connectivity index (χ0v) is 10.2. The van der Waals surface area contributed by atoms with E-state index in [0.717, 1.165) is 8.79 Å². The maximum Gasteiger partial charge on any atom is 0.303 e. The van der Waals surface area contributed by atoms with Gasteiger partial charge in [-0.15, -0.1) is 11.3 Å². The number of aliphatic carboxylic acids is 1. The van der Waals surface area contributed by atoms with Crippen LogP contribution in [-0.2, 0) is 9.59 Å². The molecule has 1 heterocycles. The van der Waals surface area contributed by atoms with Gasteiger partial charge < -0.3 is 10.4 Å². The molecule has 1 aromatic heterocycles. The van der Waals surface area contributed by atoms with E-state index in [-0.39, 0.29) is 18.7 Å². The molecular formula is C9H10BrNO3S. The predicted molar refractivity (Wildman–Crippen MR) is 62.1 cm³/mol. The van der Waals surface area contributed by atoms with Crippen molar-refractivity contribution in [3.63, 3.8) is 0 Å². The molecule has 6 heteroatoms. The van der Waals surface area contributed by atoms with Crippen molar-refractivity contribution < 1.29 is 14.7 Å². The van der Waals surface area contributed by atoms with Crippen molar-refractivity contribution in [3.05, 3.63) is 15.9 Å². The first-order valence-electron chi connectivity index (χ1n) is 4.35. The van der Waals surface area contributed by atoms with Crippen molar-refractivity contribution in [1.29, 1.82) is 0 Å². The number of carboxylic acids is 1. The molecule has 15 heavy (non-hydrogen) atoms. The minimum Gasteiger partial charge on any atom is -0.481 e. The van der Waals surface area contributed by atoms with Crippen LogP contribution in [-0.4, -0.2) is 17.0 Å². The average molecular weight is 292 g/mol. The summed E-state index contributed by atoms with van der Waals surface area (Å²) in [6, 6.07) is 3.64. The monoisotopic (exact) mass is 291 g/mol. The maximum absolute atomic E-state index is 11.3. The summed E-state index contributed by atoms with van der Waals surface area (Å²) in [5.41, 5.74) is 0. The van der Waals surface area contributed by atoms with Gasteiger partial charge in [0, 0.05) is 12.8 Å². The van der Waals surface area contributed by atoms with Gasteiger partial charge in [0.1, 0.15) is 0 Å². The summed E-state index contributed by atoms with van der Waals surface area (Å²) in [7, 11) is 0. The molecule has 0 aliphatic carbocycles. The molecule has 0 spiro atoms. The van der Waals surface area contributed by atoms with Crippen LogP contribution in [0.4, 0.5) is 5.00 Å². The second-order valence-corrected chi connectivity index (χ2v) is 5.36. The average Bonchev–Trinajstić information content (AvgIpc) is 2.50. The molecule has 0 atom stereocenters. The summed E-state index contributed by atoms with van der Waals surface area (Å²) >= 11 is 4.71. The lowest BCUT2D eigenvalue weighted by molar-refractivity contribution is -0.137. The Balaban J connectivity index is 2.27. The van der Waals surface area contributed by atoms with Gasteiger partial charge in [-0.3, -0.25) is 9.59 Å². The van der Waals surface area contributed by atoms with Crippen LogP contribution in [0.15, 0.2) is 15.9 Å². The predicted octanol–water partition coefficient (Wildman–Crippen LogP) is 2.70. The third-order valence-electron chi connectivity index (χ3n) is 1.63. The Bertz CT molecular complexity index is 364. The Kier molecular flexibility index (Phi) is 4.77. The highest BCUT2D eigenvalue weighted by Gasteiger charge is 2.05. The van der Waals surface area contributed by atoms with Gasteiger partial charge in [0.2, 0.25) is 5.91 Å². The third kappa shape index (κ3) is 4.94. The van der Waals surface area contributed by atoms with Gasteiger partial charge in [-0.1, -0.05) is 0 Å². The molecule has 0 saturated carbocycles. The van der Waals surface area contributed by atoms with E-state index in [1.807, 2.05) is 6.07 Å². The first kappa shape index (κ1) is 12.2. The number of carboxylic acid groups (broad SMARTS) is 1. The minimum absolute atomic E-state index is 0.0293. The molecule has 4 nitrogen and oxygen atoms in total. The van der Waals surface area contributed by atoms with Crippen molar-refractivity contribution in [2.45, 2.75) is 19.3 Å². The fraction of sp³-hybridized carbons (Fsp3) is 0.333. The molecule has 0 saturated heterocycles. The summed E-state index contributed by atoms with van der Waals surface area (Å²) < 4.78 is 0.948. The van der Waals surface area contributed by atoms with E-state index in [1.165, 1.54) is 11.3 Å². The fourth-order valence-electron chi connectivity index (χ4n) is 0.982. The summed E-state index contributed by atoms with van der Waals surface area (Å²) in [5.74, 6) is -1.02. The zero-order chi connectivity index (χ0) is 11.3. The van der Waals surface area contributed by atoms with Crippen molar-refractivity contribution in [3.8, 4) is 0 Å². The third-order valence-corrected chi connectivity index (χ3v) is 3.17. The van der Waals surface area contributed by atoms with Gasteiger partial charge in [0.05, 0.1) is 8.79 Å². The number of rotatable bonds is 5. The van der Waals surface area contributed by atoms with E-state index in [1.54, 1.807) is 6.07 Å². The smallest absolute Gasteiger partial charge is 0.303 e. The molecule has 0 aliphatic rings. The number of anilines is 1. The fourth-order valence-corrected chi connectivity index (χ4v) is 2.28. The molecule has 0 fully saturated rings. The van der Waals surface area contributed by atoms with Crippen molar-refractivity contribution in [1.82, 2.24) is 0 Å². The molecule has 1 amide bonds. The number of carbonyl (C=O) groups excluding carboxylic acids is 1. The van der Waals surface area contributed by atoms with Crippen LogP contribution >= 0.6 is 27.3 Å². The topological polar surface area (TPSA) is 66.4 Å². The molecule has 82 valence electrons. The summed E-state index contributed by atoms with van der Waals surface area (Å²) in [5, 5.41) is 11.8. The zero-order valence-electron chi connectivity index (χ0n) is 7.83. The summed E-state index contributed by atoms with van der Waals surface area (Å²) in [4.78, 5) is 21.5. The second kappa shape index (κ2) is 5.87. The number of amides is 1. The lowest BCUT2D eigenvalue weighted by Crippen LogP contribution is -2.10. The van der Waals surface area contributed by atoms with Crippen molar-refractivity contribution in [2.24, 2.45) is 0 Å². The van der Waals surface area contributed by atoms with E-state index >= 15 is 0 Å². The van der Waals surface area contributed by atoms with Gasteiger partial charge in [-0.2, -0.15) is 0 Å². The van der Waals surface area contributed by atoms with Gasteiger partial charge in [-0.25, -0.2) is 0 Å². The van der Waals surface area contributed by atoms with Crippen LogP contribution in [0.5, 0.6) is 0 Å². The number of carbonyl (C=O) groups is 2. The molecule has 0 radical (unpaired) electrons. The molecule has 2 N–H and O–H groups in total. The lowest BCUT2D eigenvalue weighted by Gasteiger charge is -2.00. The molecule has 1 rings (SSSR count).